The van der Waals surface area contributed by atoms with Gasteiger partial charge < -0.3 is 4.74 Å². The summed E-state index contributed by atoms with van der Waals surface area (Å²) >= 11 is 0. The van der Waals surface area contributed by atoms with Crippen LogP contribution in [0.4, 0.5) is 8.78 Å². The number of methoxy groups -OCH3 is 1. The summed E-state index contributed by atoms with van der Waals surface area (Å²) in [5, 5.41) is 0. The van der Waals surface area contributed by atoms with E-state index in [1.165, 1.54) is 13.2 Å². The Morgan fingerprint density at radius 2 is 1.70 bits per heavy atom. The highest BCUT2D eigenvalue weighted by Crippen LogP contribution is 2.26. The third-order valence-electron chi connectivity index (χ3n) is 3.02. The van der Waals surface area contributed by atoms with Crippen LogP contribution in [0.1, 0.15) is 26.4 Å². The molecule has 0 saturated carbocycles. The second-order valence-electron chi connectivity index (χ2n) is 4.66. The van der Waals surface area contributed by atoms with E-state index < -0.39 is 12.1 Å². The largest absolute Gasteiger partial charge is 0.497 e. The van der Waals surface area contributed by atoms with E-state index in [0.29, 0.717) is 11.3 Å². The van der Waals surface area contributed by atoms with Gasteiger partial charge in [0.25, 0.3) is 5.56 Å². The van der Waals surface area contributed by atoms with Crippen LogP contribution >= 0.6 is 0 Å². The molecule has 0 radical (unpaired) electrons. The molecule has 0 aliphatic rings. The Hall–Kier alpha value is -2.11. The Morgan fingerprint density at radius 1 is 1.10 bits per heavy atom. The maximum Gasteiger partial charge on any atom is 0.332 e. The number of nitrogens with zero attached hydrogens (tertiary/aromatic N) is 2. The monoisotopic (exact) mass is 282 g/mol. The second-order valence-corrected chi connectivity index (χ2v) is 4.66. The zero-order chi connectivity index (χ0) is 14.9. The van der Waals surface area contributed by atoms with Crippen molar-refractivity contribution in [1.29, 1.82) is 0 Å². The van der Waals surface area contributed by atoms with E-state index in [0.717, 1.165) is 9.36 Å². The molecule has 1 aromatic carbocycles. The first-order valence-corrected chi connectivity index (χ1v) is 6.22. The third-order valence-corrected chi connectivity index (χ3v) is 3.02. The predicted octanol–water partition coefficient (Wildman–Crippen LogP) is 3.30. The highest BCUT2D eigenvalue weighted by atomic mass is 19.3. The van der Waals surface area contributed by atoms with E-state index in [9.17, 15) is 13.6 Å². The molecule has 0 saturated heterocycles. The Balaban J connectivity index is 2.61. The molecular weight excluding hydrogens is 266 g/mol. The fraction of sp³-hybridized carbons (Fsp3) is 0.357. The fourth-order valence-electron chi connectivity index (χ4n) is 2.15. The van der Waals surface area contributed by atoms with Gasteiger partial charge in [0.2, 0.25) is 0 Å². The van der Waals surface area contributed by atoms with Crippen molar-refractivity contribution in [3.8, 4) is 17.0 Å². The summed E-state index contributed by atoms with van der Waals surface area (Å²) < 4.78 is 33.4. The Morgan fingerprint density at radius 3 is 2.15 bits per heavy atom. The van der Waals surface area contributed by atoms with Crippen LogP contribution in [0.3, 0.4) is 0 Å². The highest BCUT2D eigenvalue weighted by molar-refractivity contribution is 5.60. The van der Waals surface area contributed by atoms with E-state index in [1.54, 1.807) is 38.1 Å². The lowest BCUT2D eigenvalue weighted by atomic mass is 10.1. The van der Waals surface area contributed by atoms with Crippen LogP contribution in [-0.2, 0) is 0 Å². The molecule has 0 spiro atoms. The van der Waals surface area contributed by atoms with Crippen LogP contribution in [0.5, 0.6) is 5.75 Å². The standard InChI is InChI=1S/C14H16F2N2O2/c1-9(2)17-13(19)8-12(18(17)14(15)16)10-4-6-11(20-3)7-5-10/h4-9,14H,1-3H3. The molecule has 108 valence electrons. The summed E-state index contributed by atoms with van der Waals surface area (Å²) in [5.74, 6) is 0.628. The van der Waals surface area contributed by atoms with Gasteiger partial charge in [-0.05, 0) is 38.1 Å². The Bertz CT molecular complexity index is 642. The van der Waals surface area contributed by atoms with Crippen molar-refractivity contribution < 1.29 is 13.5 Å². The van der Waals surface area contributed by atoms with Crippen LogP contribution in [0.25, 0.3) is 11.3 Å². The van der Waals surface area contributed by atoms with Crippen molar-refractivity contribution in [3.63, 3.8) is 0 Å². The van der Waals surface area contributed by atoms with Crippen molar-refractivity contribution >= 4 is 0 Å². The zero-order valence-electron chi connectivity index (χ0n) is 11.5. The summed E-state index contributed by atoms with van der Waals surface area (Å²) in [6.45, 7) is 0.605. The van der Waals surface area contributed by atoms with Crippen molar-refractivity contribution in [2.45, 2.75) is 26.4 Å². The van der Waals surface area contributed by atoms with Crippen molar-refractivity contribution in [1.82, 2.24) is 9.36 Å². The number of ether oxygens (including phenoxy) is 1. The number of hydrogen-bond donors (Lipinski definition) is 0. The predicted molar refractivity (Wildman–Crippen MR) is 72.3 cm³/mol. The first-order chi connectivity index (χ1) is 9.45. The quantitative estimate of drug-likeness (QED) is 0.862. The minimum absolute atomic E-state index is 0.196. The van der Waals surface area contributed by atoms with Gasteiger partial charge in [-0.2, -0.15) is 8.78 Å². The molecule has 20 heavy (non-hydrogen) atoms. The molecule has 0 amide bonds. The summed E-state index contributed by atoms with van der Waals surface area (Å²) in [6, 6.07) is 7.52. The maximum absolute atomic E-state index is 13.3. The molecule has 1 heterocycles. The van der Waals surface area contributed by atoms with Gasteiger partial charge in [0.05, 0.1) is 12.8 Å². The maximum atomic E-state index is 13.3. The normalized spacial score (nSPS) is 11.3. The molecule has 2 aromatic rings. The van der Waals surface area contributed by atoms with E-state index in [1.807, 2.05) is 0 Å². The van der Waals surface area contributed by atoms with E-state index in [2.05, 4.69) is 0 Å². The molecule has 0 aliphatic heterocycles. The minimum Gasteiger partial charge on any atom is -0.497 e. The molecule has 0 aliphatic carbocycles. The number of alkyl halides is 2. The molecule has 0 bridgehead atoms. The van der Waals surface area contributed by atoms with Gasteiger partial charge in [0.15, 0.2) is 0 Å². The van der Waals surface area contributed by atoms with E-state index in [4.69, 9.17) is 4.74 Å². The molecule has 6 heteroatoms. The zero-order valence-corrected chi connectivity index (χ0v) is 11.5. The SMILES string of the molecule is COc1ccc(-c2cc(=O)n(C(C)C)n2C(F)F)cc1. The number of aromatic nitrogens is 2. The number of benzene rings is 1. The van der Waals surface area contributed by atoms with Gasteiger partial charge in [-0.25, -0.2) is 9.36 Å². The summed E-state index contributed by atoms with van der Waals surface area (Å²) in [4.78, 5) is 11.9. The van der Waals surface area contributed by atoms with Gasteiger partial charge in [0, 0.05) is 17.7 Å². The average Bonchev–Trinajstić information content (AvgIpc) is 2.76. The Labute approximate surface area is 115 Å². The molecule has 2 rings (SSSR count). The molecule has 4 nitrogen and oxygen atoms in total. The number of halogens is 2. The van der Waals surface area contributed by atoms with Crippen LogP contribution in [-0.4, -0.2) is 16.5 Å². The van der Waals surface area contributed by atoms with Crippen LogP contribution in [0.2, 0.25) is 0 Å². The van der Waals surface area contributed by atoms with Gasteiger partial charge >= 0.3 is 6.55 Å². The lowest BCUT2D eigenvalue weighted by Gasteiger charge is -2.16. The van der Waals surface area contributed by atoms with Gasteiger partial charge in [-0.15, -0.1) is 0 Å². The fourth-order valence-corrected chi connectivity index (χ4v) is 2.15. The third kappa shape index (κ3) is 2.45. The Kier molecular flexibility index (Phi) is 3.92. The van der Waals surface area contributed by atoms with Gasteiger partial charge in [-0.1, -0.05) is 0 Å². The first-order valence-electron chi connectivity index (χ1n) is 6.22. The van der Waals surface area contributed by atoms with Gasteiger partial charge in [-0.3, -0.25) is 4.79 Å². The van der Waals surface area contributed by atoms with Crippen LogP contribution in [0.15, 0.2) is 35.1 Å². The summed E-state index contributed by atoms with van der Waals surface area (Å²) in [7, 11) is 1.53. The van der Waals surface area contributed by atoms with Gasteiger partial charge in [0.1, 0.15) is 5.75 Å². The summed E-state index contributed by atoms with van der Waals surface area (Å²) in [6.07, 6.45) is 0. The van der Waals surface area contributed by atoms with E-state index >= 15 is 0 Å². The molecule has 0 unspecified atom stereocenters. The van der Waals surface area contributed by atoms with Crippen molar-refractivity contribution in [2.24, 2.45) is 0 Å². The number of rotatable bonds is 4. The topological polar surface area (TPSA) is 36.2 Å². The van der Waals surface area contributed by atoms with E-state index in [-0.39, 0.29) is 11.7 Å². The molecule has 0 atom stereocenters. The van der Waals surface area contributed by atoms with Crippen molar-refractivity contribution in [3.05, 3.63) is 40.7 Å². The van der Waals surface area contributed by atoms with Crippen molar-refractivity contribution in [2.75, 3.05) is 7.11 Å². The van der Waals surface area contributed by atoms with Crippen LogP contribution < -0.4 is 10.3 Å². The first kappa shape index (κ1) is 14.3. The second kappa shape index (κ2) is 5.48. The molecule has 0 N–H and O–H groups in total. The smallest absolute Gasteiger partial charge is 0.332 e. The molecule has 1 aromatic heterocycles. The lowest BCUT2D eigenvalue weighted by molar-refractivity contribution is 0.0398. The average molecular weight is 282 g/mol. The van der Waals surface area contributed by atoms with Crippen LogP contribution in [0, 0.1) is 0 Å². The highest BCUT2D eigenvalue weighted by Gasteiger charge is 2.21. The molecular formula is C14H16F2N2O2. The number of hydrogen-bond acceptors (Lipinski definition) is 2. The summed E-state index contributed by atoms with van der Waals surface area (Å²) in [5.41, 5.74) is 0.301. The molecule has 0 fully saturated rings. The lowest BCUT2D eigenvalue weighted by Crippen LogP contribution is -2.25. The minimum atomic E-state index is -2.78.